The van der Waals surface area contributed by atoms with Gasteiger partial charge < -0.3 is 10.1 Å². The highest BCUT2D eigenvalue weighted by molar-refractivity contribution is 5.38. The van der Waals surface area contributed by atoms with Crippen LogP contribution in [0, 0.1) is 12.8 Å². The van der Waals surface area contributed by atoms with Gasteiger partial charge in [0.05, 0.1) is 7.11 Å². The second-order valence-electron chi connectivity index (χ2n) is 6.80. The highest BCUT2D eigenvalue weighted by Gasteiger charge is 2.33. The minimum Gasteiger partial charge on any atom is -0.497 e. The van der Waals surface area contributed by atoms with Gasteiger partial charge in [0.15, 0.2) is 0 Å². The molecule has 0 saturated heterocycles. The third kappa shape index (κ3) is 3.50. The maximum atomic E-state index is 5.29. The van der Waals surface area contributed by atoms with Crippen LogP contribution in [0.1, 0.15) is 50.7 Å². The van der Waals surface area contributed by atoms with Gasteiger partial charge in [-0.15, -0.1) is 0 Å². The lowest BCUT2D eigenvalue weighted by molar-refractivity contribution is 0.225. The molecule has 1 aliphatic rings. The molecule has 0 spiro atoms. The van der Waals surface area contributed by atoms with Gasteiger partial charge in [-0.3, -0.25) is 0 Å². The van der Waals surface area contributed by atoms with Gasteiger partial charge in [-0.1, -0.05) is 6.07 Å². The molecule has 0 bridgehead atoms. The Bertz CT molecular complexity index is 433. The molecule has 2 rings (SSSR count). The lowest BCUT2D eigenvalue weighted by atomic mass is 9.69. The van der Waals surface area contributed by atoms with Crippen molar-refractivity contribution >= 4 is 0 Å². The molecule has 2 heteroatoms. The number of ether oxygens (including phenoxy) is 1. The van der Waals surface area contributed by atoms with E-state index in [0.717, 1.165) is 24.1 Å². The molecule has 0 aliphatic heterocycles. The average Bonchev–Trinajstić information content (AvgIpc) is 2.28. The van der Waals surface area contributed by atoms with Crippen molar-refractivity contribution in [2.45, 2.75) is 52.0 Å². The second kappa shape index (κ2) is 5.54. The van der Waals surface area contributed by atoms with Crippen LogP contribution >= 0.6 is 0 Å². The van der Waals surface area contributed by atoms with E-state index in [1.54, 1.807) is 7.11 Å². The van der Waals surface area contributed by atoms with Crippen molar-refractivity contribution < 1.29 is 4.74 Å². The monoisotopic (exact) mass is 261 g/mol. The minimum atomic E-state index is 0.217. The third-order valence-corrected chi connectivity index (χ3v) is 4.19. The summed E-state index contributed by atoms with van der Waals surface area (Å²) >= 11 is 0. The first-order chi connectivity index (χ1) is 8.90. The molecule has 1 aromatic carbocycles. The molecule has 2 atom stereocenters. The summed E-state index contributed by atoms with van der Waals surface area (Å²) in [6.07, 6.45) is 2.67. The van der Waals surface area contributed by atoms with Crippen LogP contribution in [0.2, 0.25) is 0 Å². The van der Waals surface area contributed by atoms with Crippen LogP contribution in [-0.2, 0) is 0 Å². The van der Waals surface area contributed by atoms with Crippen LogP contribution < -0.4 is 10.1 Å². The Morgan fingerprint density at radius 1 is 1.26 bits per heavy atom. The van der Waals surface area contributed by atoms with Crippen molar-refractivity contribution in [3.05, 3.63) is 29.3 Å². The molecule has 106 valence electrons. The number of hydrogen-bond acceptors (Lipinski definition) is 2. The Kier molecular flexibility index (Phi) is 4.19. The molecule has 0 amide bonds. The van der Waals surface area contributed by atoms with Crippen molar-refractivity contribution in [2.24, 2.45) is 5.92 Å². The zero-order chi connectivity index (χ0) is 14.0. The molecule has 0 heterocycles. The van der Waals surface area contributed by atoms with E-state index >= 15 is 0 Å². The van der Waals surface area contributed by atoms with Gasteiger partial charge in [-0.25, -0.2) is 0 Å². The summed E-state index contributed by atoms with van der Waals surface area (Å²) < 4.78 is 5.29. The molecule has 2 nitrogen and oxygen atoms in total. The van der Waals surface area contributed by atoms with Crippen molar-refractivity contribution in [1.29, 1.82) is 0 Å². The second-order valence-corrected chi connectivity index (χ2v) is 6.80. The molecule has 1 aliphatic carbocycles. The van der Waals surface area contributed by atoms with Crippen molar-refractivity contribution in [1.82, 2.24) is 5.32 Å². The Morgan fingerprint density at radius 3 is 2.47 bits per heavy atom. The smallest absolute Gasteiger partial charge is 0.119 e. The van der Waals surface area contributed by atoms with Gasteiger partial charge in [0.1, 0.15) is 5.75 Å². The standard InChI is InChI=1S/C17H27NO/c1-12-10-14(19-5)7-9-15(12)16-8-6-13(16)11-18-17(2,3)4/h7,9-10,13,16,18H,6,8,11H2,1-5H3. The number of nitrogens with one attached hydrogen (secondary N) is 1. The third-order valence-electron chi connectivity index (χ3n) is 4.19. The molecular formula is C17H27NO. The number of hydrogen-bond donors (Lipinski definition) is 1. The predicted molar refractivity (Wildman–Crippen MR) is 81.0 cm³/mol. The average molecular weight is 261 g/mol. The number of benzene rings is 1. The van der Waals surface area contributed by atoms with Crippen LogP contribution in [-0.4, -0.2) is 19.2 Å². The van der Waals surface area contributed by atoms with Crippen LogP contribution in [0.5, 0.6) is 5.75 Å². The highest BCUT2D eigenvalue weighted by Crippen LogP contribution is 2.43. The molecule has 2 unspecified atom stereocenters. The fourth-order valence-corrected chi connectivity index (χ4v) is 2.85. The molecule has 1 N–H and O–H groups in total. The molecule has 0 radical (unpaired) electrons. The molecule has 0 aromatic heterocycles. The number of aryl methyl sites for hydroxylation is 1. The zero-order valence-corrected chi connectivity index (χ0v) is 12.9. The molecule has 1 saturated carbocycles. The normalized spacial score (nSPS) is 23.0. The lowest BCUT2D eigenvalue weighted by Gasteiger charge is -2.39. The largest absolute Gasteiger partial charge is 0.497 e. The van der Waals surface area contributed by atoms with Gasteiger partial charge in [0.25, 0.3) is 0 Å². The Balaban J connectivity index is 2.02. The molecule has 1 aromatic rings. The van der Waals surface area contributed by atoms with E-state index in [1.165, 1.54) is 24.0 Å². The van der Waals surface area contributed by atoms with E-state index in [-0.39, 0.29) is 5.54 Å². The number of methoxy groups -OCH3 is 1. The van der Waals surface area contributed by atoms with Gasteiger partial charge >= 0.3 is 0 Å². The van der Waals surface area contributed by atoms with E-state index in [9.17, 15) is 0 Å². The van der Waals surface area contributed by atoms with E-state index in [4.69, 9.17) is 4.74 Å². The number of rotatable bonds is 4. The fourth-order valence-electron chi connectivity index (χ4n) is 2.85. The van der Waals surface area contributed by atoms with E-state index in [2.05, 4.69) is 51.2 Å². The van der Waals surface area contributed by atoms with Crippen molar-refractivity contribution in [2.75, 3.05) is 13.7 Å². The predicted octanol–water partition coefficient (Wildman–Crippen LogP) is 3.89. The molecule has 1 fully saturated rings. The maximum absolute atomic E-state index is 5.29. The summed E-state index contributed by atoms with van der Waals surface area (Å²) in [7, 11) is 1.73. The maximum Gasteiger partial charge on any atom is 0.119 e. The SMILES string of the molecule is COc1ccc(C2CCC2CNC(C)(C)C)c(C)c1. The van der Waals surface area contributed by atoms with Crippen LogP contribution in [0.25, 0.3) is 0 Å². The fraction of sp³-hybridized carbons (Fsp3) is 0.647. The van der Waals surface area contributed by atoms with Gasteiger partial charge in [-0.05, 0) is 82.2 Å². The summed E-state index contributed by atoms with van der Waals surface area (Å²) in [6, 6.07) is 6.50. The van der Waals surface area contributed by atoms with Crippen LogP contribution in [0.4, 0.5) is 0 Å². The molecular weight excluding hydrogens is 234 g/mol. The van der Waals surface area contributed by atoms with Crippen LogP contribution in [0.3, 0.4) is 0 Å². The Labute approximate surface area is 117 Å². The van der Waals surface area contributed by atoms with E-state index in [0.29, 0.717) is 0 Å². The van der Waals surface area contributed by atoms with Crippen LogP contribution in [0.15, 0.2) is 18.2 Å². The first kappa shape index (κ1) is 14.4. The topological polar surface area (TPSA) is 21.3 Å². The Morgan fingerprint density at radius 2 is 2.00 bits per heavy atom. The summed E-state index contributed by atoms with van der Waals surface area (Å²) in [4.78, 5) is 0. The van der Waals surface area contributed by atoms with Gasteiger partial charge in [0.2, 0.25) is 0 Å². The lowest BCUT2D eigenvalue weighted by Crippen LogP contribution is -2.43. The molecule has 19 heavy (non-hydrogen) atoms. The van der Waals surface area contributed by atoms with Crippen molar-refractivity contribution in [3.8, 4) is 5.75 Å². The van der Waals surface area contributed by atoms with Gasteiger partial charge in [0, 0.05) is 5.54 Å². The summed E-state index contributed by atoms with van der Waals surface area (Å²) in [5.41, 5.74) is 3.09. The first-order valence-electron chi connectivity index (χ1n) is 7.30. The highest BCUT2D eigenvalue weighted by atomic mass is 16.5. The summed E-state index contributed by atoms with van der Waals surface area (Å²) in [5.74, 6) is 2.47. The summed E-state index contributed by atoms with van der Waals surface area (Å²) in [5, 5.41) is 3.64. The van der Waals surface area contributed by atoms with E-state index in [1.807, 2.05) is 0 Å². The Hall–Kier alpha value is -1.02. The van der Waals surface area contributed by atoms with E-state index < -0.39 is 0 Å². The first-order valence-corrected chi connectivity index (χ1v) is 7.30. The van der Waals surface area contributed by atoms with Gasteiger partial charge in [-0.2, -0.15) is 0 Å². The minimum absolute atomic E-state index is 0.217. The zero-order valence-electron chi connectivity index (χ0n) is 12.9. The summed E-state index contributed by atoms with van der Waals surface area (Å²) in [6.45, 7) is 10.0. The quantitative estimate of drug-likeness (QED) is 0.888. The van der Waals surface area contributed by atoms with Crippen molar-refractivity contribution in [3.63, 3.8) is 0 Å².